The van der Waals surface area contributed by atoms with E-state index >= 15 is 0 Å². The maximum Gasteiger partial charge on any atom is 0.410 e. The molecule has 2 heterocycles. The number of nitrogens with one attached hydrogen (secondary N) is 2. The van der Waals surface area contributed by atoms with E-state index in [0.717, 1.165) is 11.3 Å². The molecule has 0 fully saturated rings. The Labute approximate surface area is 235 Å². The van der Waals surface area contributed by atoms with E-state index in [1.54, 1.807) is 33.9 Å². The summed E-state index contributed by atoms with van der Waals surface area (Å²) in [6.07, 6.45) is 2.97. The third-order valence-electron chi connectivity index (χ3n) is 6.77. The van der Waals surface area contributed by atoms with Crippen molar-refractivity contribution in [2.24, 2.45) is 0 Å². The summed E-state index contributed by atoms with van der Waals surface area (Å²) in [5.74, 6) is -1.08. The largest absolute Gasteiger partial charge is 0.466 e. The minimum atomic E-state index is -1.23. The fourth-order valence-corrected chi connectivity index (χ4v) is 4.91. The summed E-state index contributed by atoms with van der Waals surface area (Å²) in [5.41, 5.74) is 0.416. The lowest BCUT2D eigenvalue weighted by molar-refractivity contribution is -0.138. The van der Waals surface area contributed by atoms with Crippen LogP contribution in [0, 0.1) is 0 Å². The first-order valence-corrected chi connectivity index (χ1v) is 13.3. The van der Waals surface area contributed by atoms with Crippen LogP contribution in [-0.4, -0.2) is 73.5 Å². The molecule has 0 aliphatic carbocycles. The Bertz CT molecular complexity index is 1240. The second-order valence-corrected chi connectivity index (χ2v) is 10.9. The number of anilines is 1. The lowest BCUT2D eigenvalue weighted by Crippen LogP contribution is -2.49. The standard InChI is InChI=1S/C31H37N3O6/c1-30(2,3)40-29(37)34(4)19-18-32-27(35)25-23-16-17-31(39-23,26(25)28(36)38-5)24(20-21-12-8-6-9-13-21)33-22-14-10-7-11-15-22/h6-17,23-24,33H,18-20H2,1-5H3,(H,32,35). The Kier molecular flexibility index (Phi) is 8.64. The molecule has 2 bridgehead atoms. The molecular formula is C31H37N3O6. The predicted octanol–water partition coefficient (Wildman–Crippen LogP) is 3.87. The van der Waals surface area contributed by atoms with Gasteiger partial charge in [-0.15, -0.1) is 0 Å². The van der Waals surface area contributed by atoms with Gasteiger partial charge in [0.25, 0.3) is 5.91 Å². The van der Waals surface area contributed by atoms with E-state index in [-0.39, 0.29) is 24.2 Å². The zero-order valence-electron chi connectivity index (χ0n) is 23.6. The first-order chi connectivity index (χ1) is 19.0. The van der Waals surface area contributed by atoms with Gasteiger partial charge >= 0.3 is 12.1 Å². The van der Waals surface area contributed by atoms with Gasteiger partial charge in [0.2, 0.25) is 0 Å². The molecule has 0 spiro atoms. The number of para-hydroxylation sites is 1. The SMILES string of the molecule is COC(=O)C1=C(C(=O)NCCN(C)C(=O)OC(C)(C)C)C2C=CC1(C(Cc1ccccc1)Nc1ccccc1)O2. The molecule has 3 atom stereocenters. The van der Waals surface area contributed by atoms with Crippen molar-refractivity contribution in [3.63, 3.8) is 0 Å². The van der Waals surface area contributed by atoms with Crippen LogP contribution >= 0.6 is 0 Å². The number of benzene rings is 2. The van der Waals surface area contributed by atoms with Crippen molar-refractivity contribution in [3.05, 3.63) is 89.5 Å². The second kappa shape index (κ2) is 12.0. The number of rotatable bonds is 10. The molecule has 0 saturated heterocycles. The molecular weight excluding hydrogens is 510 g/mol. The molecule has 3 unspecified atom stereocenters. The molecule has 2 aromatic carbocycles. The molecule has 9 nitrogen and oxygen atoms in total. The molecule has 0 saturated carbocycles. The van der Waals surface area contributed by atoms with Crippen molar-refractivity contribution in [2.75, 3.05) is 32.6 Å². The fourth-order valence-electron chi connectivity index (χ4n) is 4.91. The first kappa shape index (κ1) is 28.9. The number of hydrogen-bond donors (Lipinski definition) is 2. The van der Waals surface area contributed by atoms with Gasteiger partial charge in [0, 0.05) is 25.8 Å². The molecule has 212 valence electrons. The van der Waals surface area contributed by atoms with Crippen molar-refractivity contribution in [2.45, 2.75) is 50.5 Å². The van der Waals surface area contributed by atoms with Crippen molar-refractivity contribution in [1.82, 2.24) is 10.2 Å². The monoisotopic (exact) mass is 547 g/mol. The summed E-state index contributed by atoms with van der Waals surface area (Å²) >= 11 is 0. The van der Waals surface area contributed by atoms with Crippen LogP contribution in [0.4, 0.5) is 10.5 Å². The van der Waals surface area contributed by atoms with Gasteiger partial charge in [0.1, 0.15) is 17.3 Å². The van der Waals surface area contributed by atoms with E-state index < -0.39 is 41.3 Å². The van der Waals surface area contributed by atoms with Gasteiger partial charge in [-0.2, -0.15) is 0 Å². The van der Waals surface area contributed by atoms with E-state index in [9.17, 15) is 14.4 Å². The molecule has 2 aliphatic rings. The molecule has 40 heavy (non-hydrogen) atoms. The Morgan fingerprint density at radius 3 is 2.33 bits per heavy atom. The van der Waals surface area contributed by atoms with Gasteiger partial charge in [-0.1, -0.05) is 54.6 Å². The van der Waals surface area contributed by atoms with Gasteiger partial charge in [-0.3, -0.25) is 4.79 Å². The van der Waals surface area contributed by atoms with Gasteiger partial charge < -0.3 is 29.7 Å². The highest BCUT2D eigenvalue weighted by Gasteiger charge is 2.58. The molecule has 0 aromatic heterocycles. The maximum absolute atomic E-state index is 13.5. The Morgan fingerprint density at radius 2 is 1.70 bits per heavy atom. The third kappa shape index (κ3) is 6.37. The Morgan fingerprint density at radius 1 is 1.05 bits per heavy atom. The predicted molar refractivity (Wildman–Crippen MR) is 152 cm³/mol. The van der Waals surface area contributed by atoms with E-state index in [2.05, 4.69) is 10.6 Å². The number of nitrogens with zero attached hydrogens (tertiary/aromatic N) is 1. The summed E-state index contributed by atoms with van der Waals surface area (Å²) in [6.45, 7) is 5.75. The molecule has 9 heteroatoms. The highest BCUT2D eigenvalue weighted by atomic mass is 16.6. The third-order valence-corrected chi connectivity index (χ3v) is 6.77. The number of ether oxygens (including phenoxy) is 3. The number of carbonyl (C=O) groups is 3. The number of methoxy groups -OCH3 is 1. The van der Waals surface area contributed by atoms with Crippen LogP contribution in [-0.2, 0) is 30.2 Å². The van der Waals surface area contributed by atoms with Crippen LogP contribution in [0.5, 0.6) is 0 Å². The quantitative estimate of drug-likeness (QED) is 0.344. The lowest BCUT2D eigenvalue weighted by atomic mass is 9.79. The average molecular weight is 548 g/mol. The molecule has 2 amide bonds. The van der Waals surface area contributed by atoms with E-state index in [0.29, 0.717) is 6.42 Å². The van der Waals surface area contributed by atoms with Gasteiger partial charge in [0.05, 0.1) is 24.3 Å². The lowest BCUT2D eigenvalue weighted by Gasteiger charge is -2.36. The highest BCUT2D eigenvalue weighted by molar-refractivity contribution is 6.07. The number of esters is 1. The number of likely N-dealkylation sites (N-methyl/N-ethyl adjacent to an activating group) is 1. The molecule has 2 N–H and O–H groups in total. The summed E-state index contributed by atoms with van der Waals surface area (Å²) in [7, 11) is 2.89. The van der Waals surface area contributed by atoms with Crippen molar-refractivity contribution in [3.8, 4) is 0 Å². The highest BCUT2D eigenvalue weighted by Crippen LogP contribution is 2.47. The van der Waals surface area contributed by atoms with E-state index in [1.165, 1.54) is 12.0 Å². The molecule has 2 aromatic rings. The molecule has 4 rings (SSSR count). The zero-order chi connectivity index (χ0) is 28.9. The van der Waals surface area contributed by atoms with Crippen LogP contribution in [0.3, 0.4) is 0 Å². The van der Waals surface area contributed by atoms with Crippen LogP contribution < -0.4 is 10.6 Å². The van der Waals surface area contributed by atoms with E-state index in [1.807, 2.05) is 66.7 Å². The topological polar surface area (TPSA) is 106 Å². The van der Waals surface area contributed by atoms with E-state index in [4.69, 9.17) is 14.2 Å². The van der Waals surface area contributed by atoms with Crippen molar-refractivity contribution in [1.29, 1.82) is 0 Å². The molecule has 0 radical (unpaired) electrons. The molecule has 2 aliphatic heterocycles. The summed E-state index contributed by atoms with van der Waals surface area (Å²) in [4.78, 5) is 40.4. The number of hydrogen-bond acceptors (Lipinski definition) is 7. The number of carbonyl (C=O) groups excluding carboxylic acids is 3. The smallest absolute Gasteiger partial charge is 0.410 e. The Hall–Kier alpha value is -4.11. The minimum Gasteiger partial charge on any atom is -0.466 e. The Balaban J connectivity index is 1.60. The average Bonchev–Trinajstić information content (AvgIpc) is 3.51. The maximum atomic E-state index is 13.5. The second-order valence-electron chi connectivity index (χ2n) is 10.9. The first-order valence-electron chi connectivity index (χ1n) is 13.3. The summed E-state index contributed by atoms with van der Waals surface area (Å²) < 4.78 is 17.0. The van der Waals surface area contributed by atoms with Gasteiger partial charge in [-0.05, 0) is 51.0 Å². The number of amides is 2. The van der Waals surface area contributed by atoms with Crippen LogP contribution in [0.2, 0.25) is 0 Å². The summed E-state index contributed by atoms with van der Waals surface area (Å²) in [5, 5.41) is 6.37. The van der Waals surface area contributed by atoms with Crippen LogP contribution in [0.15, 0.2) is 84.0 Å². The fraction of sp³-hybridized carbons (Fsp3) is 0.387. The normalized spacial score (nSPS) is 20.2. The number of fused-ring (bicyclic) bond motifs is 2. The zero-order valence-corrected chi connectivity index (χ0v) is 23.6. The van der Waals surface area contributed by atoms with Crippen LogP contribution in [0.25, 0.3) is 0 Å². The van der Waals surface area contributed by atoms with Crippen molar-refractivity contribution >= 4 is 23.7 Å². The summed E-state index contributed by atoms with van der Waals surface area (Å²) in [6, 6.07) is 19.1. The van der Waals surface area contributed by atoms with Gasteiger partial charge in [0.15, 0.2) is 0 Å². The minimum absolute atomic E-state index is 0.158. The van der Waals surface area contributed by atoms with Crippen LogP contribution in [0.1, 0.15) is 26.3 Å². The van der Waals surface area contributed by atoms with Gasteiger partial charge in [-0.25, -0.2) is 9.59 Å². The van der Waals surface area contributed by atoms with Crippen molar-refractivity contribution < 1.29 is 28.6 Å².